The minimum Gasteiger partial charge on any atom is -0.468 e. The molecule has 0 saturated heterocycles. The van der Waals surface area contributed by atoms with Crippen molar-refractivity contribution >= 4 is 11.9 Å². The number of carbonyl (C=O) groups is 2. The third-order valence-corrected chi connectivity index (χ3v) is 3.50. The van der Waals surface area contributed by atoms with Crippen molar-refractivity contribution in [3.8, 4) is 0 Å². The molecule has 5 heteroatoms. The van der Waals surface area contributed by atoms with Gasteiger partial charge in [-0.2, -0.15) is 0 Å². The van der Waals surface area contributed by atoms with E-state index < -0.39 is 12.0 Å². The van der Waals surface area contributed by atoms with Gasteiger partial charge in [-0.3, -0.25) is 9.59 Å². The Hall–Kier alpha value is -1.10. The predicted molar refractivity (Wildman–Crippen MR) is 75.5 cm³/mol. The second kappa shape index (κ2) is 8.91. The van der Waals surface area contributed by atoms with Gasteiger partial charge in [0, 0.05) is 6.54 Å². The largest absolute Gasteiger partial charge is 0.468 e. The standard InChI is InChI=1S/C14H28N2O3/c1-6-11(7-2)8-16(9-12(17)19-5)14(18)13(15)10(3)4/h10-11,13H,6-9,15H2,1-5H3/t13-/m1/s1. The van der Waals surface area contributed by atoms with E-state index in [1.807, 2.05) is 13.8 Å². The number of esters is 1. The lowest BCUT2D eigenvalue weighted by molar-refractivity contribution is -0.148. The molecule has 0 spiro atoms. The fourth-order valence-electron chi connectivity index (χ4n) is 1.81. The second-order valence-electron chi connectivity index (χ2n) is 5.25. The Balaban J connectivity index is 4.83. The van der Waals surface area contributed by atoms with Gasteiger partial charge in [0.1, 0.15) is 6.54 Å². The monoisotopic (exact) mass is 272 g/mol. The average Bonchev–Trinajstić information content (AvgIpc) is 2.41. The molecule has 0 aliphatic heterocycles. The molecule has 0 bridgehead atoms. The number of nitrogens with two attached hydrogens (primary N) is 1. The molecule has 0 aromatic rings. The number of nitrogens with zero attached hydrogens (tertiary/aromatic N) is 1. The summed E-state index contributed by atoms with van der Waals surface area (Å²) in [5.74, 6) is -0.148. The van der Waals surface area contributed by atoms with Gasteiger partial charge in [-0.05, 0) is 11.8 Å². The van der Waals surface area contributed by atoms with E-state index in [1.54, 1.807) is 0 Å². The molecular formula is C14H28N2O3. The van der Waals surface area contributed by atoms with E-state index in [9.17, 15) is 9.59 Å². The smallest absolute Gasteiger partial charge is 0.325 e. The molecule has 1 amide bonds. The maximum Gasteiger partial charge on any atom is 0.325 e. The number of carbonyl (C=O) groups excluding carboxylic acids is 2. The molecule has 0 saturated carbocycles. The number of hydrogen-bond donors (Lipinski definition) is 1. The third kappa shape index (κ3) is 6.05. The molecule has 19 heavy (non-hydrogen) atoms. The van der Waals surface area contributed by atoms with Crippen LogP contribution in [0.4, 0.5) is 0 Å². The van der Waals surface area contributed by atoms with Crippen LogP contribution in [0.25, 0.3) is 0 Å². The zero-order chi connectivity index (χ0) is 15.0. The minimum atomic E-state index is -0.570. The third-order valence-electron chi connectivity index (χ3n) is 3.50. The van der Waals surface area contributed by atoms with Gasteiger partial charge < -0.3 is 15.4 Å². The Bertz CT molecular complexity index is 288. The highest BCUT2D eigenvalue weighted by Gasteiger charge is 2.26. The van der Waals surface area contributed by atoms with E-state index in [4.69, 9.17) is 5.73 Å². The van der Waals surface area contributed by atoms with Gasteiger partial charge in [-0.15, -0.1) is 0 Å². The van der Waals surface area contributed by atoms with Gasteiger partial charge in [0.05, 0.1) is 13.2 Å². The Morgan fingerprint density at radius 3 is 2.11 bits per heavy atom. The Kier molecular flexibility index (Phi) is 8.39. The Morgan fingerprint density at radius 2 is 1.74 bits per heavy atom. The first-order valence-corrected chi connectivity index (χ1v) is 6.98. The summed E-state index contributed by atoms with van der Waals surface area (Å²) < 4.78 is 4.65. The summed E-state index contributed by atoms with van der Waals surface area (Å²) in [5.41, 5.74) is 5.89. The van der Waals surface area contributed by atoms with Crippen LogP contribution in [-0.4, -0.2) is 43.0 Å². The summed E-state index contributed by atoms with van der Waals surface area (Å²) in [6.07, 6.45) is 1.94. The number of ether oxygens (including phenoxy) is 1. The van der Waals surface area contributed by atoms with Crippen molar-refractivity contribution in [1.29, 1.82) is 0 Å². The minimum absolute atomic E-state index is 0.0216. The van der Waals surface area contributed by atoms with E-state index in [-0.39, 0.29) is 18.4 Å². The average molecular weight is 272 g/mol. The molecule has 0 aromatic heterocycles. The van der Waals surface area contributed by atoms with Crippen molar-refractivity contribution in [3.05, 3.63) is 0 Å². The molecule has 112 valence electrons. The van der Waals surface area contributed by atoms with Crippen LogP contribution in [0.15, 0.2) is 0 Å². The van der Waals surface area contributed by atoms with Crippen LogP contribution < -0.4 is 5.73 Å². The van der Waals surface area contributed by atoms with Crippen molar-refractivity contribution in [1.82, 2.24) is 4.90 Å². The molecule has 1 atom stereocenters. The topological polar surface area (TPSA) is 72.6 Å². The first kappa shape index (κ1) is 17.9. The first-order valence-electron chi connectivity index (χ1n) is 6.98. The van der Waals surface area contributed by atoms with Gasteiger partial charge in [-0.25, -0.2) is 0 Å². The maximum atomic E-state index is 12.3. The number of amides is 1. The van der Waals surface area contributed by atoms with Crippen molar-refractivity contribution in [2.24, 2.45) is 17.6 Å². The molecule has 0 aromatic carbocycles. The summed E-state index contributed by atoms with van der Waals surface area (Å²) >= 11 is 0. The van der Waals surface area contributed by atoms with E-state index in [0.29, 0.717) is 12.5 Å². The summed E-state index contributed by atoms with van der Waals surface area (Å²) in [7, 11) is 1.32. The van der Waals surface area contributed by atoms with Gasteiger partial charge >= 0.3 is 5.97 Å². The van der Waals surface area contributed by atoms with Crippen LogP contribution >= 0.6 is 0 Å². The van der Waals surface area contributed by atoms with Crippen LogP contribution in [-0.2, 0) is 14.3 Å². The normalized spacial score (nSPS) is 12.6. The van der Waals surface area contributed by atoms with Crippen LogP contribution in [0.3, 0.4) is 0 Å². The zero-order valence-corrected chi connectivity index (χ0v) is 12.8. The van der Waals surface area contributed by atoms with E-state index >= 15 is 0 Å². The molecule has 5 nitrogen and oxygen atoms in total. The van der Waals surface area contributed by atoms with Crippen molar-refractivity contribution < 1.29 is 14.3 Å². The van der Waals surface area contributed by atoms with Gasteiger partial charge in [-0.1, -0.05) is 40.5 Å². The SMILES string of the molecule is CCC(CC)CN(CC(=O)OC)C(=O)[C@H](N)C(C)C. The van der Waals surface area contributed by atoms with Crippen molar-refractivity contribution in [2.75, 3.05) is 20.2 Å². The highest BCUT2D eigenvalue weighted by atomic mass is 16.5. The molecule has 0 rings (SSSR count). The van der Waals surface area contributed by atoms with Gasteiger partial charge in [0.25, 0.3) is 0 Å². The lowest BCUT2D eigenvalue weighted by atomic mass is 10.0. The summed E-state index contributed by atoms with van der Waals surface area (Å²) in [6, 6.07) is -0.570. The van der Waals surface area contributed by atoms with E-state index in [0.717, 1.165) is 12.8 Å². The molecular weight excluding hydrogens is 244 g/mol. The molecule has 0 aliphatic carbocycles. The number of rotatable bonds is 8. The second-order valence-corrected chi connectivity index (χ2v) is 5.25. The molecule has 0 aliphatic rings. The lowest BCUT2D eigenvalue weighted by Gasteiger charge is -2.29. The van der Waals surface area contributed by atoms with Gasteiger partial charge in [0.15, 0.2) is 0 Å². The molecule has 0 fully saturated rings. The summed E-state index contributed by atoms with van der Waals surface area (Å²) in [4.78, 5) is 25.3. The van der Waals surface area contributed by atoms with Crippen molar-refractivity contribution in [2.45, 2.75) is 46.6 Å². The van der Waals surface area contributed by atoms with Crippen molar-refractivity contribution in [3.63, 3.8) is 0 Å². The highest BCUT2D eigenvalue weighted by Crippen LogP contribution is 2.12. The summed E-state index contributed by atoms with van der Waals surface area (Å²) in [6.45, 7) is 8.49. The predicted octanol–water partition coefficient (Wildman–Crippen LogP) is 1.41. The maximum absolute atomic E-state index is 12.3. The van der Waals surface area contributed by atoms with Gasteiger partial charge in [0.2, 0.25) is 5.91 Å². The molecule has 0 heterocycles. The van der Waals surface area contributed by atoms with Crippen LogP contribution in [0, 0.1) is 11.8 Å². The van der Waals surface area contributed by atoms with Crippen LogP contribution in [0.1, 0.15) is 40.5 Å². The Labute approximate surface area is 116 Å². The lowest BCUT2D eigenvalue weighted by Crippen LogP contribution is -2.49. The van der Waals surface area contributed by atoms with E-state index in [2.05, 4.69) is 18.6 Å². The highest BCUT2D eigenvalue weighted by molar-refractivity contribution is 5.85. The quantitative estimate of drug-likeness (QED) is 0.678. The fourth-order valence-corrected chi connectivity index (χ4v) is 1.81. The number of hydrogen-bond acceptors (Lipinski definition) is 4. The molecule has 2 N–H and O–H groups in total. The van der Waals surface area contributed by atoms with Crippen LogP contribution in [0.2, 0.25) is 0 Å². The number of methoxy groups -OCH3 is 1. The van der Waals surface area contributed by atoms with Crippen LogP contribution in [0.5, 0.6) is 0 Å². The molecule has 0 unspecified atom stereocenters. The van der Waals surface area contributed by atoms with E-state index in [1.165, 1.54) is 12.0 Å². The molecule has 0 radical (unpaired) electrons. The zero-order valence-electron chi connectivity index (χ0n) is 12.8. The first-order chi connectivity index (χ1) is 8.87. The Morgan fingerprint density at radius 1 is 1.21 bits per heavy atom. The summed E-state index contributed by atoms with van der Waals surface area (Å²) in [5, 5.41) is 0. The fraction of sp³-hybridized carbons (Fsp3) is 0.857.